The molecule has 4 heteroatoms. The molecule has 0 aliphatic heterocycles. The lowest BCUT2D eigenvalue weighted by molar-refractivity contribution is 1.08. The average molecular weight is 668 g/mol. The zero-order chi connectivity index (χ0) is 33.7. The van der Waals surface area contributed by atoms with Crippen molar-refractivity contribution in [2.75, 3.05) is 0 Å². The van der Waals surface area contributed by atoms with Crippen LogP contribution in [0.5, 0.6) is 0 Å². The minimum atomic E-state index is 0.642. The molecule has 0 fully saturated rings. The van der Waals surface area contributed by atoms with Crippen molar-refractivity contribution in [3.8, 4) is 56.4 Å². The van der Waals surface area contributed by atoms with Gasteiger partial charge in [0.15, 0.2) is 17.5 Å². The van der Waals surface area contributed by atoms with Gasteiger partial charge in [-0.25, -0.2) is 15.0 Å². The number of fused-ring (bicyclic) bond motifs is 5. The van der Waals surface area contributed by atoms with E-state index in [1.165, 1.54) is 30.9 Å². The van der Waals surface area contributed by atoms with Crippen LogP contribution in [0.15, 0.2) is 176 Å². The number of hydrogen-bond acceptors (Lipinski definition) is 4. The molecule has 10 rings (SSSR count). The van der Waals surface area contributed by atoms with Crippen LogP contribution in [-0.2, 0) is 0 Å². The van der Waals surface area contributed by atoms with Gasteiger partial charge in [-0.05, 0) is 68.1 Å². The molecule has 0 saturated carbocycles. The first kappa shape index (κ1) is 29.4. The Morgan fingerprint density at radius 1 is 0.333 bits per heavy atom. The quantitative estimate of drug-likeness (QED) is 0.183. The summed E-state index contributed by atoms with van der Waals surface area (Å²) >= 11 is 1.79. The molecule has 0 unspecified atom stereocenters. The van der Waals surface area contributed by atoms with Gasteiger partial charge in [0.1, 0.15) is 0 Å². The summed E-state index contributed by atoms with van der Waals surface area (Å²) in [7, 11) is 0. The summed E-state index contributed by atoms with van der Waals surface area (Å²) in [5.74, 6) is 1.95. The highest BCUT2D eigenvalue weighted by Crippen LogP contribution is 2.42. The SMILES string of the molecule is c1ccc(-c2cccc(-c3nc(-c4c(-c5ccc6ccccc6c5)ccc5ccccc45)nc(-c4cccc5c4sc4ccccc45)n3)c2)cc1. The first-order chi connectivity index (χ1) is 25.3. The molecule has 51 heavy (non-hydrogen) atoms. The van der Waals surface area contributed by atoms with Crippen LogP contribution in [0, 0.1) is 0 Å². The zero-order valence-corrected chi connectivity index (χ0v) is 28.3. The molecule has 0 bridgehead atoms. The summed E-state index contributed by atoms with van der Waals surface area (Å²) in [6.07, 6.45) is 0. The van der Waals surface area contributed by atoms with E-state index in [0.717, 1.165) is 49.7 Å². The van der Waals surface area contributed by atoms with Gasteiger partial charge in [-0.3, -0.25) is 0 Å². The highest BCUT2D eigenvalue weighted by molar-refractivity contribution is 7.26. The summed E-state index contributed by atoms with van der Waals surface area (Å²) in [6.45, 7) is 0. The van der Waals surface area contributed by atoms with Gasteiger partial charge in [0, 0.05) is 36.9 Å². The fraction of sp³-hybridized carbons (Fsp3) is 0. The van der Waals surface area contributed by atoms with Gasteiger partial charge in [0.05, 0.1) is 0 Å². The van der Waals surface area contributed by atoms with Crippen LogP contribution in [0.2, 0.25) is 0 Å². The van der Waals surface area contributed by atoms with E-state index in [-0.39, 0.29) is 0 Å². The number of benzene rings is 8. The van der Waals surface area contributed by atoms with Crippen LogP contribution in [0.1, 0.15) is 0 Å². The van der Waals surface area contributed by atoms with Crippen molar-refractivity contribution >= 4 is 53.1 Å². The Morgan fingerprint density at radius 3 is 1.88 bits per heavy atom. The summed E-state index contributed by atoms with van der Waals surface area (Å²) in [4.78, 5) is 16.0. The van der Waals surface area contributed by atoms with Crippen molar-refractivity contribution in [3.05, 3.63) is 176 Å². The smallest absolute Gasteiger partial charge is 0.165 e. The van der Waals surface area contributed by atoms with Gasteiger partial charge in [0.2, 0.25) is 0 Å². The molecule has 2 aromatic heterocycles. The van der Waals surface area contributed by atoms with E-state index in [9.17, 15) is 0 Å². The van der Waals surface area contributed by atoms with Gasteiger partial charge in [-0.15, -0.1) is 11.3 Å². The molecule has 0 spiro atoms. The van der Waals surface area contributed by atoms with Gasteiger partial charge in [-0.2, -0.15) is 0 Å². The molecule has 0 atom stereocenters. The maximum Gasteiger partial charge on any atom is 0.165 e. The molecule has 8 aromatic carbocycles. The Bertz CT molecular complexity index is 2930. The molecule has 0 radical (unpaired) electrons. The van der Waals surface area contributed by atoms with Gasteiger partial charge >= 0.3 is 0 Å². The first-order valence-electron chi connectivity index (χ1n) is 17.1. The van der Waals surface area contributed by atoms with Crippen LogP contribution in [0.4, 0.5) is 0 Å². The first-order valence-corrected chi connectivity index (χ1v) is 17.9. The second-order valence-electron chi connectivity index (χ2n) is 12.8. The third-order valence-corrected chi connectivity index (χ3v) is 10.9. The third kappa shape index (κ3) is 5.16. The molecule has 2 heterocycles. The normalized spacial score (nSPS) is 11.5. The maximum absolute atomic E-state index is 5.38. The lowest BCUT2D eigenvalue weighted by Crippen LogP contribution is -2.02. The Morgan fingerprint density at radius 2 is 0.980 bits per heavy atom. The van der Waals surface area contributed by atoms with Crippen molar-refractivity contribution in [2.24, 2.45) is 0 Å². The number of hydrogen-bond donors (Lipinski definition) is 0. The predicted octanol–water partition coefficient (Wildman–Crippen LogP) is 12.9. The third-order valence-electron chi connectivity index (χ3n) is 9.72. The van der Waals surface area contributed by atoms with Crippen LogP contribution in [-0.4, -0.2) is 15.0 Å². The zero-order valence-electron chi connectivity index (χ0n) is 27.5. The molecule has 238 valence electrons. The number of aromatic nitrogens is 3. The van der Waals surface area contributed by atoms with Crippen molar-refractivity contribution in [1.29, 1.82) is 0 Å². The van der Waals surface area contributed by atoms with E-state index in [2.05, 4.69) is 170 Å². The molecule has 10 aromatic rings. The van der Waals surface area contributed by atoms with Crippen LogP contribution in [0.25, 0.3) is 98.1 Å². The largest absolute Gasteiger partial charge is 0.208 e. The van der Waals surface area contributed by atoms with Gasteiger partial charge in [0.25, 0.3) is 0 Å². The second-order valence-corrected chi connectivity index (χ2v) is 13.9. The van der Waals surface area contributed by atoms with E-state index in [1.807, 2.05) is 6.07 Å². The van der Waals surface area contributed by atoms with Crippen molar-refractivity contribution in [2.45, 2.75) is 0 Å². The van der Waals surface area contributed by atoms with E-state index in [0.29, 0.717) is 17.5 Å². The molecule has 0 N–H and O–H groups in total. The average Bonchev–Trinajstić information content (AvgIpc) is 3.59. The Balaban J connectivity index is 1.27. The number of rotatable bonds is 5. The summed E-state index contributed by atoms with van der Waals surface area (Å²) < 4.78 is 2.42. The Hall–Kier alpha value is -6.49. The molecule has 0 amide bonds. The van der Waals surface area contributed by atoms with E-state index >= 15 is 0 Å². The maximum atomic E-state index is 5.38. The van der Waals surface area contributed by atoms with Crippen molar-refractivity contribution < 1.29 is 0 Å². The second kappa shape index (κ2) is 12.1. The van der Waals surface area contributed by atoms with E-state index < -0.39 is 0 Å². The predicted molar refractivity (Wildman–Crippen MR) is 215 cm³/mol. The monoisotopic (exact) mass is 667 g/mol. The van der Waals surface area contributed by atoms with Crippen LogP contribution >= 0.6 is 11.3 Å². The fourth-order valence-electron chi connectivity index (χ4n) is 7.24. The van der Waals surface area contributed by atoms with Crippen LogP contribution < -0.4 is 0 Å². The lowest BCUT2D eigenvalue weighted by Gasteiger charge is -2.15. The van der Waals surface area contributed by atoms with Crippen LogP contribution in [0.3, 0.4) is 0 Å². The minimum absolute atomic E-state index is 0.642. The molecule has 0 saturated heterocycles. The lowest BCUT2D eigenvalue weighted by atomic mass is 9.92. The summed E-state index contributed by atoms with van der Waals surface area (Å²) in [5.41, 5.74) is 7.41. The molecule has 3 nitrogen and oxygen atoms in total. The Labute approximate surface area is 299 Å². The highest BCUT2D eigenvalue weighted by Gasteiger charge is 2.20. The summed E-state index contributed by atoms with van der Waals surface area (Å²) in [5, 5.41) is 7.10. The Kier molecular flexibility index (Phi) is 7.00. The molecular weight excluding hydrogens is 639 g/mol. The number of nitrogens with zero attached hydrogens (tertiary/aromatic N) is 3. The molecule has 0 aliphatic carbocycles. The number of thiophene rings is 1. The minimum Gasteiger partial charge on any atom is -0.208 e. The molecular formula is C47H29N3S. The topological polar surface area (TPSA) is 38.7 Å². The van der Waals surface area contributed by atoms with E-state index in [1.54, 1.807) is 11.3 Å². The summed E-state index contributed by atoms with van der Waals surface area (Å²) in [6, 6.07) is 62.2. The fourth-order valence-corrected chi connectivity index (χ4v) is 8.45. The van der Waals surface area contributed by atoms with Gasteiger partial charge in [-0.1, -0.05) is 152 Å². The van der Waals surface area contributed by atoms with E-state index in [4.69, 9.17) is 15.0 Å². The van der Waals surface area contributed by atoms with Crippen molar-refractivity contribution in [1.82, 2.24) is 15.0 Å². The standard InChI is InChI=1S/C47H29N3S/c1-2-12-30(13-3-1)34-17-10-18-36(29-34)45-48-46(41-22-11-21-40-39-20-8-9-23-42(39)51-44(40)41)50-47(49-45)43-37-19-7-6-15-32(37)26-27-38(43)35-25-24-31-14-4-5-16-33(31)28-35/h1-29H. The van der Waals surface area contributed by atoms with Crippen molar-refractivity contribution in [3.63, 3.8) is 0 Å². The highest BCUT2D eigenvalue weighted by atomic mass is 32.1. The van der Waals surface area contributed by atoms with Gasteiger partial charge < -0.3 is 0 Å². The molecule has 0 aliphatic rings.